The van der Waals surface area contributed by atoms with E-state index in [1.54, 1.807) is 72.8 Å². The minimum Gasteiger partial charge on any atom is -0.270 e. The van der Waals surface area contributed by atoms with Gasteiger partial charge in [-0.25, -0.2) is 16.8 Å². The van der Waals surface area contributed by atoms with Gasteiger partial charge in [0.2, 0.25) is 19.7 Å². The van der Waals surface area contributed by atoms with Crippen LogP contribution < -0.4 is 0 Å². The second-order valence-electron chi connectivity index (χ2n) is 12.5. The van der Waals surface area contributed by atoms with Crippen LogP contribution >= 0.6 is 0 Å². The third-order valence-electron chi connectivity index (χ3n) is 9.20. The molecule has 0 radical (unpaired) electrons. The molecule has 0 aromatic heterocycles. The lowest BCUT2D eigenvalue weighted by molar-refractivity contribution is 0.296. The Morgan fingerprint density at radius 1 is 0.633 bits per heavy atom. The van der Waals surface area contributed by atoms with Crippen molar-refractivity contribution in [3.8, 4) is 6.07 Å². The van der Waals surface area contributed by atoms with Crippen LogP contribution in [-0.2, 0) is 46.8 Å². The first-order valence-electron chi connectivity index (χ1n) is 16.5. The standard InChI is InChI=1S/C19H19NO2S.C19H22O5S2/c20-13-5-8-15-6-4-7-16-14-18(11-12-19(15)16)23(21,22)17-9-2-1-3-10-17;1-25(20,21)24-13-12-15-6-5-7-16-14-18(10-11-19(15)16)26(22,23)17-8-3-2-4-9-17/h1-3,9-12,14-15H,4-8H2;2-4,8-11,14-15H,5-7,12-13H2,1H3. The number of aryl methyl sites for hydroxylation is 2. The molecular weight excluding hydrogens is 679 g/mol. The summed E-state index contributed by atoms with van der Waals surface area (Å²) in [6.07, 6.45) is 8.83. The average Bonchev–Trinajstić information content (AvgIpc) is 3.10. The Labute approximate surface area is 290 Å². The molecule has 4 aromatic carbocycles. The van der Waals surface area contributed by atoms with Crippen LogP contribution in [0.25, 0.3) is 0 Å². The molecule has 2 aliphatic rings. The number of hydrogen-bond acceptors (Lipinski definition) is 8. The smallest absolute Gasteiger partial charge is 0.264 e. The van der Waals surface area contributed by atoms with Crippen molar-refractivity contribution in [2.45, 2.75) is 89.2 Å². The summed E-state index contributed by atoms with van der Waals surface area (Å²) in [7, 11) is -10.4. The van der Waals surface area contributed by atoms with Crippen molar-refractivity contribution in [3.63, 3.8) is 0 Å². The zero-order valence-electron chi connectivity index (χ0n) is 27.5. The highest BCUT2D eigenvalue weighted by atomic mass is 32.2. The van der Waals surface area contributed by atoms with E-state index in [2.05, 4.69) is 6.07 Å². The van der Waals surface area contributed by atoms with Crippen LogP contribution in [0.4, 0.5) is 0 Å². The van der Waals surface area contributed by atoms with E-state index in [0.717, 1.165) is 67.9 Å². The van der Waals surface area contributed by atoms with Crippen LogP contribution in [0, 0.1) is 11.3 Å². The van der Waals surface area contributed by atoms with Crippen LogP contribution in [0.3, 0.4) is 0 Å². The molecule has 0 N–H and O–H groups in total. The molecule has 49 heavy (non-hydrogen) atoms. The number of benzene rings is 4. The molecule has 2 unspecified atom stereocenters. The lowest BCUT2D eigenvalue weighted by Gasteiger charge is -2.26. The SMILES string of the molecule is CS(=O)(=O)OCCC1CCCc2cc(S(=O)(=O)c3ccccc3)ccc21.N#CCCC1CCCc2cc(S(=O)(=O)c3ccccc3)ccc21. The molecule has 0 saturated heterocycles. The van der Waals surface area contributed by atoms with Gasteiger partial charge in [-0.3, -0.25) is 4.18 Å². The second kappa shape index (κ2) is 15.8. The van der Waals surface area contributed by atoms with E-state index < -0.39 is 29.8 Å². The highest BCUT2D eigenvalue weighted by molar-refractivity contribution is 7.91. The molecule has 6 rings (SSSR count). The molecule has 2 aliphatic carbocycles. The fourth-order valence-electron chi connectivity index (χ4n) is 6.77. The fraction of sp³-hybridized carbons (Fsp3) is 0.342. The monoisotopic (exact) mass is 719 g/mol. The Balaban J connectivity index is 0.000000192. The van der Waals surface area contributed by atoms with Crippen LogP contribution in [-0.4, -0.2) is 38.1 Å². The first-order chi connectivity index (χ1) is 23.4. The Bertz CT molecular complexity index is 2130. The van der Waals surface area contributed by atoms with Gasteiger partial charge in [0.25, 0.3) is 10.1 Å². The molecule has 0 heterocycles. The van der Waals surface area contributed by atoms with E-state index in [9.17, 15) is 25.3 Å². The van der Waals surface area contributed by atoms with E-state index in [4.69, 9.17) is 9.44 Å². The number of sulfone groups is 2. The van der Waals surface area contributed by atoms with Gasteiger partial charge in [0.15, 0.2) is 0 Å². The third kappa shape index (κ3) is 9.05. The van der Waals surface area contributed by atoms with E-state index in [1.165, 1.54) is 5.56 Å². The van der Waals surface area contributed by atoms with Gasteiger partial charge in [-0.2, -0.15) is 13.7 Å². The first kappa shape index (κ1) is 36.5. The molecule has 0 fully saturated rings. The molecule has 0 saturated carbocycles. The summed E-state index contributed by atoms with van der Waals surface area (Å²) in [4.78, 5) is 1.28. The van der Waals surface area contributed by atoms with Crippen molar-refractivity contribution < 1.29 is 29.4 Å². The summed E-state index contributed by atoms with van der Waals surface area (Å²) in [5.41, 5.74) is 4.47. The summed E-state index contributed by atoms with van der Waals surface area (Å²) in [5.74, 6) is 0.570. The van der Waals surface area contributed by atoms with Crippen molar-refractivity contribution in [2.75, 3.05) is 12.9 Å². The van der Waals surface area contributed by atoms with Crippen molar-refractivity contribution >= 4 is 29.8 Å². The minimum absolute atomic E-state index is 0.146. The largest absolute Gasteiger partial charge is 0.270 e. The van der Waals surface area contributed by atoms with Gasteiger partial charge < -0.3 is 0 Å². The Morgan fingerprint density at radius 2 is 1.08 bits per heavy atom. The molecule has 258 valence electrons. The topological polar surface area (TPSA) is 135 Å². The highest BCUT2D eigenvalue weighted by Gasteiger charge is 2.26. The van der Waals surface area contributed by atoms with Gasteiger partial charge in [-0.15, -0.1) is 0 Å². The van der Waals surface area contributed by atoms with Gasteiger partial charge in [0.05, 0.1) is 38.5 Å². The molecule has 0 amide bonds. The lowest BCUT2D eigenvalue weighted by Crippen LogP contribution is -2.14. The number of nitrogens with zero attached hydrogens (tertiary/aromatic N) is 1. The van der Waals surface area contributed by atoms with Crippen molar-refractivity contribution in [3.05, 3.63) is 119 Å². The van der Waals surface area contributed by atoms with Crippen molar-refractivity contribution in [1.29, 1.82) is 5.26 Å². The maximum atomic E-state index is 12.8. The average molecular weight is 720 g/mol. The summed E-state index contributed by atoms with van der Waals surface area (Å²) < 4.78 is 78.2. The van der Waals surface area contributed by atoms with Crippen LogP contribution in [0.2, 0.25) is 0 Å². The number of nitriles is 1. The van der Waals surface area contributed by atoms with Gasteiger partial charge in [0.1, 0.15) is 0 Å². The van der Waals surface area contributed by atoms with Crippen molar-refractivity contribution in [1.82, 2.24) is 0 Å². The predicted octanol–water partition coefficient (Wildman–Crippen LogP) is 7.55. The van der Waals surface area contributed by atoms with Gasteiger partial charge in [-0.05, 0) is 134 Å². The summed E-state index contributed by atoms with van der Waals surface area (Å²) in [5, 5.41) is 8.79. The second-order valence-corrected chi connectivity index (χ2v) is 18.1. The quantitative estimate of drug-likeness (QED) is 0.153. The minimum atomic E-state index is -3.53. The van der Waals surface area contributed by atoms with Gasteiger partial charge in [0, 0.05) is 6.42 Å². The number of rotatable bonds is 10. The van der Waals surface area contributed by atoms with Gasteiger partial charge >= 0.3 is 0 Å². The molecule has 2 atom stereocenters. The highest BCUT2D eigenvalue weighted by Crippen LogP contribution is 2.37. The molecule has 8 nitrogen and oxygen atoms in total. The normalized spacial score (nSPS) is 17.5. The molecule has 4 aromatic rings. The molecule has 11 heteroatoms. The molecular formula is C38H41NO7S3. The molecule has 0 bridgehead atoms. The third-order valence-corrected chi connectivity index (χ3v) is 13.3. The molecule has 0 aliphatic heterocycles. The lowest BCUT2D eigenvalue weighted by atomic mass is 9.80. The maximum absolute atomic E-state index is 12.8. The number of fused-ring (bicyclic) bond motifs is 2. The van der Waals surface area contributed by atoms with Crippen molar-refractivity contribution in [2.24, 2.45) is 0 Å². The van der Waals surface area contributed by atoms with E-state index >= 15 is 0 Å². The maximum Gasteiger partial charge on any atom is 0.264 e. The Morgan fingerprint density at radius 3 is 1.51 bits per heavy atom. The Hall–Kier alpha value is -3.82. The number of hydrogen-bond donors (Lipinski definition) is 0. The zero-order chi connectivity index (χ0) is 35.1. The summed E-state index contributed by atoms with van der Waals surface area (Å²) >= 11 is 0. The van der Waals surface area contributed by atoms with E-state index in [0.29, 0.717) is 33.4 Å². The molecule has 0 spiro atoms. The first-order valence-corrected chi connectivity index (χ1v) is 21.3. The van der Waals surface area contributed by atoms with Crippen LogP contribution in [0.5, 0.6) is 0 Å². The summed E-state index contributed by atoms with van der Waals surface area (Å²) in [6, 6.07) is 29.9. The fourth-order valence-corrected chi connectivity index (χ4v) is 9.83. The summed E-state index contributed by atoms with van der Waals surface area (Å²) in [6.45, 7) is 0.146. The van der Waals surface area contributed by atoms with E-state index in [1.807, 2.05) is 24.3 Å². The van der Waals surface area contributed by atoms with Crippen LogP contribution in [0.1, 0.15) is 79.0 Å². The predicted molar refractivity (Wildman–Crippen MR) is 188 cm³/mol. The van der Waals surface area contributed by atoms with Gasteiger partial charge in [-0.1, -0.05) is 48.5 Å². The zero-order valence-corrected chi connectivity index (χ0v) is 29.9. The Kier molecular flexibility index (Phi) is 11.8. The van der Waals surface area contributed by atoms with Crippen LogP contribution in [0.15, 0.2) is 117 Å². The van der Waals surface area contributed by atoms with E-state index in [-0.39, 0.29) is 17.4 Å².